The Morgan fingerprint density at radius 3 is 2.34 bits per heavy atom. The third-order valence-corrected chi connectivity index (χ3v) is 12.0. The van der Waals surface area contributed by atoms with Crippen molar-refractivity contribution in [2.45, 2.75) is 94.4 Å². The molecule has 7 rings (SSSR count). The van der Waals surface area contributed by atoms with E-state index < -0.39 is 117 Å². The average molecular weight is 951 g/mol. The number of amides is 1. The van der Waals surface area contributed by atoms with E-state index in [9.17, 15) is 45.1 Å². The molecule has 2 N–H and O–H groups in total. The zero-order chi connectivity index (χ0) is 47.8. The van der Waals surface area contributed by atoms with Crippen molar-refractivity contribution >= 4 is 44.2 Å². The average Bonchev–Trinajstić information content (AvgIpc) is 3.70. The van der Waals surface area contributed by atoms with Crippen molar-refractivity contribution in [1.29, 1.82) is 0 Å². The molecule has 12 nitrogen and oxygen atoms in total. The Kier molecular flexibility index (Phi) is 12.2. The smallest absolute Gasteiger partial charge is 0.435 e. The topological polar surface area (TPSA) is 158 Å². The summed E-state index contributed by atoms with van der Waals surface area (Å²) in [7, 11) is -2.11. The number of halogens is 8. The highest BCUT2D eigenvalue weighted by molar-refractivity contribution is 7.89. The van der Waals surface area contributed by atoms with Crippen molar-refractivity contribution in [2.24, 2.45) is 13.0 Å². The van der Waals surface area contributed by atoms with E-state index in [-0.39, 0.29) is 51.5 Å². The SMILES string of the molecule is Cn1nc(CS(C)(=O)=O)c2c(Cl)ccc(-c3ccc(C#CC(C)(O)CNC(=O)OC(C)(C)C)nc3[C@@H](CC(=O)Cn3nc(C(F)(F)F)c4c3C(F)(F)[C@@H]3C[C@H]43)Cc3cc(F)cc(F)c3)c21. The van der Waals surface area contributed by atoms with Gasteiger partial charge < -0.3 is 15.2 Å². The number of aliphatic hydroxyl groups is 1. The van der Waals surface area contributed by atoms with Gasteiger partial charge in [0.15, 0.2) is 21.3 Å². The number of pyridine rings is 1. The first-order valence-corrected chi connectivity index (χ1v) is 22.5. The summed E-state index contributed by atoms with van der Waals surface area (Å²) in [5.74, 6) is -5.31. The second-order valence-electron chi connectivity index (χ2n) is 17.7. The van der Waals surface area contributed by atoms with Gasteiger partial charge in [-0.05, 0) is 88.3 Å². The summed E-state index contributed by atoms with van der Waals surface area (Å²) in [6.45, 7) is 4.83. The Morgan fingerprint density at radius 2 is 1.71 bits per heavy atom. The lowest BCUT2D eigenvalue weighted by Crippen LogP contribution is -2.42. The predicted molar refractivity (Wildman–Crippen MR) is 224 cm³/mol. The Balaban J connectivity index is 1.36. The standard InChI is InChI=1S/C44H42ClF7N6O6S/c1-41(2,3)64-40(60)53-21-42(4,61)12-11-26-7-8-28(29-9-10-32(45)35-33(20-65(6,62)63)55-57(5)37(29)35)36(54-26)23(13-22-14-24(46)17-25(47)15-22)16-27(59)19-58-39-34(38(56-58)44(50,51)52)30-18-31(30)43(39,48)49/h7-10,14-15,17,23,30-31,61H,13,16,18-21H2,1-6H3,(H,53,60)/t23-,30+,31-,42?/m1/s1. The summed E-state index contributed by atoms with van der Waals surface area (Å²) in [6.07, 6.45) is -6.07. The molecule has 4 atom stereocenters. The van der Waals surface area contributed by atoms with Crippen molar-refractivity contribution in [3.63, 3.8) is 0 Å². The van der Waals surface area contributed by atoms with Crippen LogP contribution in [-0.4, -0.2) is 73.9 Å². The zero-order valence-corrected chi connectivity index (χ0v) is 37.2. The maximum atomic E-state index is 15.5. The molecule has 0 bridgehead atoms. The van der Waals surface area contributed by atoms with E-state index in [1.54, 1.807) is 26.8 Å². The van der Waals surface area contributed by atoms with Gasteiger partial charge in [-0.3, -0.25) is 14.2 Å². The van der Waals surface area contributed by atoms with E-state index in [0.717, 1.165) is 18.4 Å². The van der Waals surface area contributed by atoms with E-state index in [2.05, 4.69) is 27.4 Å². The number of ether oxygens (including phenoxy) is 1. The minimum absolute atomic E-state index is 0.0175. The number of sulfone groups is 1. The number of fused-ring (bicyclic) bond motifs is 4. The first-order valence-electron chi connectivity index (χ1n) is 20.1. The van der Waals surface area contributed by atoms with Crippen LogP contribution in [0, 0.1) is 29.4 Å². The van der Waals surface area contributed by atoms with Gasteiger partial charge in [-0.2, -0.15) is 32.1 Å². The molecule has 0 radical (unpaired) electrons. The molecule has 65 heavy (non-hydrogen) atoms. The van der Waals surface area contributed by atoms with Crippen LogP contribution in [0.1, 0.15) is 92.0 Å². The van der Waals surface area contributed by atoms with Gasteiger partial charge in [0.05, 0.1) is 34.2 Å². The Morgan fingerprint density at radius 1 is 1.05 bits per heavy atom. The molecule has 3 aromatic heterocycles. The van der Waals surface area contributed by atoms with Crippen LogP contribution in [0.5, 0.6) is 0 Å². The van der Waals surface area contributed by atoms with Crippen LogP contribution in [0.2, 0.25) is 5.02 Å². The second kappa shape index (κ2) is 16.7. The van der Waals surface area contributed by atoms with Crippen LogP contribution in [0.4, 0.5) is 35.5 Å². The maximum Gasteiger partial charge on any atom is 0.435 e. The first kappa shape index (κ1) is 47.4. The number of benzene rings is 2. The van der Waals surface area contributed by atoms with E-state index in [4.69, 9.17) is 21.3 Å². The quantitative estimate of drug-likeness (QED) is 0.0931. The molecule has 0 saturated heterocycles. The number of alkyl halides is 5. The minimum Gasteiger partial charge on any atom is -0.444 e. The molecule has 5 aromatic rings. The van der Waals surface area contributed by atoms with Crippen molar-refractivity contribution < 1.29 is 58.6 Å². The molecule has 21 heteroatoms. The molecule has 1 saturated carbocycles. The fourth-order valence-electron chi connectivity index (χ4n) is 8.29. The highest BCUT2D eigenvalue weighted by atomic mass is 35.5. The van der Waals surface area contributed by atoms with E-state index in [1.165, 1.54) is 36.9 Å². The molecule has 2 aromatic carbocycles. The normalized spacial score (nSPS) is 18.0. The molecule has 0 aliphatic heterocycles. The number of aromatic nitrogens is 5. The van der Waals surface area contributed by atoms with Crippen molar-refractivity contribution in [1.82, 2.24) is 29.9 Å². The highest BCUT2D eigenvalue weighted by Crippen LogP contribution is 2.68. The number of carbonyl (C=O) groups excluding carboxylic acids is 2. The summed E-state index contributed by atoms with van der Waals surface area (Å²) in [5.41, 5.74) is -4.85. The number of rotatable bonds is 12. The number of Topliss-reactive ketones (excluding diaryl/α,β-unsaturated/α-hetero) is 1. The van der Waals surface area contributed by atoms with Crippen molar-refractivity contribution in [3.05, 3.63) is 98.7 Å². The van der Waals surface area contributed by atoms with E-state index in [0.29, 0.717) is 21.8 Å². The number of carbonyl (C=O) groups is 2. The lowest BCUT2D eigenvalue weighted by atomic mass is 9.86. The fraction of sp³-hybridized carbons (Fsp3) is 0.432. The van der Waals surface area contributed by atoms with Gasteiger partial charge in [0.25, 0.3) is 5.92 Å². The van der Waals surface area contributed by atoms with Gasteiger partial charge in [0, 0.05) is 59.7 Å². The fourth-order valence-corrected chi connectivity index (χ4v) is 9.25. The molecule has 2 aliphatic carbocycles. The molecule has 3 heterocycles. The molecule has 1 amide bonds. The van der Waals surface area contributed by atoms with Crippen LogP contribution in [0.15, 0.2) is 42.5 Å². The summed E-state index contributed by atoms with van der Waals surface area (Å²) >= 11 is 6.65. The number of alkyl carbamates (subject to hydrolysis) is 1. The molecular formula is C44H42ClF7N6O6S. The van der Waals surface area contributed by atoms with E-state index in [1.807, 2.05) is 0 Å². The number of aryl methyl sites for hydroxylation is 1. The second-order valence-corrected chi connectivity index (χ2v) is 20.3. The predicted octanol–water partition coefficient (Wildman–Crippen LogP) is 8.15. The highest BCUT2D eigenvalue weighted by Gasteiger charge is 2.68. The maximum absolute atomic E-state index is 15.5. The summed E-state index contributed by atoms with van der Waals surface area (Å²) in [6, 6.07) is 8.63. The minimum atomic E-state index is -5.09. The molecule has 1 fully saturated rings. The van der Waals surface area contributed by atoms with E-state index >= 15 is 8.78 Å². The van der Waals surface area contributed by atoms with Crippen molar-refractivity contribution in [3.8, 4) is 23.0 Å². The van der Waals surface area contributed by atoms with Crippen LogP contribution in [0.25, 0.3) is 22.0 Å². The van der Waals surface area contributed by atoms with Gasteiger partial charge in [-0.1, -0.05) is 23.6 Å². The summed E-state index contributed by atoms with van der Waals surface area (Å²) in [4.78, 5) is 31.3. The van der Waals surface area contributed by atoms with Crippen LogP contribution >= 0.6 is 11.6 Å². The Hall–Kier alpha value is -5.52. The van der Waals surface area contributed by atoms with Crippen LogP contribution in [-0.2, 0) is 57.2 Å². The number of hydrogen-bond acceptors (Lipinski definition) is 9. The molecule has 2 aliphatic rings. The number of ketones is 1. The lowest BCUT2D eigenvalue weighted by Gasteiger charge is -2.22. The monoisotopic (exact) mass is 950 g/mol. The number of nitrogens with one attached hydrogen (secondary N) is 1. The molecule has 1 unspecified atom stereocenters. The lowest BCUT2D eigenvalue weighted by molar-refractivity contribution is -0.142. The van der Waals surface area contributed by atoms with Crippen LogP contribution < -0.4 is 5.32 Å². The largest absolute Gasteiger partial charge is 0.444 e. The first-order chi connectivity index (χ1) is 30.0. The third kappa shape index (κ3) is 10.3. The van der Waals surface area contributed by atoms with Crippen LogP contribution in [0.3, 0.4) is 0 Å². The molecule has 346 valence electrons. The summed E-state index contributed by atoms with van der Waals surface area (Å²) < 4.78 is 135. The zero-order valence-electron chi connectivity index (χ0n) is 35.7. The third-order valence-electron chi connectivity index (χ3n) is 10.9. The van der Waals surface area contributed by atoms with Gasteiger partial charge >= 0.3 is 12.3 Å². The van der Waals surface area contributed by atoms with Gasteiger partial charge in [0.1, 0.15) is 40.8 Å². The molecular weight excluding hydrogens is 909 g/mol. The van der Waals surface area contributed by atoms with Gasteiger partial charge in [-0.25, -0.2) is 27.0 Å². The number of nitrogens with zero attached hydrogens (tertiary/aromatic N) is 5. The van der Waals surface area contributed by atoms with Gasteiger partial charge in [-0.15, -0.1) is 0 Å². The Bertz CT molecular complexity index is 2910. The summed E-state index contributed by atoms with van der Waals surface area (Å²) in [5, 5.41) is 21.8. The van der Waals surface area contributed by atoms with Crippen molar-refractivity contribution in [2.75, 3.05) is 12.8 Å². The van der Waals surface area contributed by atoms with Gasteiger partial charge in [0.2, 0.25) is 0 Å². The Labute approximate surface area is 373 Å². The molecule has 0 spiro atoms. The number of hydrogen-bond donors (Lipinski definition) is 2.